The van der Waals surface area contributed by atoms with Crippen LogP contribution < -0.4 is 15.1 Å². The van der Waals surface area contributed by atoms with Crippen LogP contribution in [-0.2, 0) is 28.5 Å². The lowest BCUT2D eigenvalue weighted by molar-refractivity contribution is -0.145. The lowest BCUT2D eigenvalue weighted by atomic mass is 10.1. The Labute approximate surface area is 364 Å². The predicted octanol–water partition coefficient (Wildman–Crippen LogP) is 9.33. The van der Waals surface area contributed by atoms with Crippen LogP contribution in [-0.4, -0.2) is 85.5 Å². The maximum Gasteiger partial charge on any atom is 0.418 e. The van der Waals surface area contributed by atoms with E-state index in [2.05, 4.69) is 5.32 Å². The third-order valence-corrected chi connectivity index (χ3v) is 8.78. The number of hydrogen-bond donors (Lipinski definition) is 1. The van der Waals surface area contributed by atoms with Crippen LogP contribution in [0.1, 0.15) is 51.9 Å². The fraction of sp³-hybridized carbons (Fsp3) is 0.286. The van der Waals surface area contributed by atoms with Crippen molar-refractivity contribution in [1.29, 1.82) is 0 Å². The molecule has 13 heteroatoms. The molecule has 0 aliphatic rings. The standard InChI is InChI=1S/C28H30N2O5.C21H26N2O4/c1-28(2,3)35-27(33)30(25(31)21-14-8-5-9-15-21)24(26(32)34-4)20-29(22-16-10-6-11-17-22)23-18-12-7-13-19-23;1-21(2,3)27-20(25)22-18(19(24)26-4)15-23(16-11-7-5-8-12-16)17-13-9-6-10-14-17/h5-19,24H,20H2,1-4H3;5-14,18H,15H2,1-4H3,(H,22,25). The second-order valence-corrected chi connectivity index (χ2v) is 15.8. The fourth-order valence-corrected chi connectivity index (χ4v) is 6.06. The monoisotopic (exact) mass is 844 g/mol. The van der Waals surface area contributed by atoms with Gasteiger partial charge in [0.1, 0.15) is 17.2 Å². The van der Waals surface area contributed by atoms with Crippen LogP contribution in [0.2, 0.25) is 0 Å². The molecule has 62 heavy (non-hydrogen) atoms. The van der Waals surface area contributed by atoms with E-state index in [1.807, 2.05) is 131 Å². The van der Waals surface area contributed by atoms with Gasteiger partial charge in [-0.05, 0) is 102 Å². The largest absolute Gasteiger partial charge is 0.467 e. The van der Waals surface area contributed by atoms with Gasteiger partial charge in [-0.2, -0.15) is 0 Å². The number of imide groups is 1. The quantitative estimate of drug-likeness (QED) is 0.0895. The molecular weight excluding hydrogens is 789 g/mol. The minimum absolute atomic E-state index is 0.0431. The SMILES string of the molecule is COC(=O)C(CN(c1ccccc1)c1ccccc1)N(C(=O)OC(C)(C)C)C(=O)c1ccccc1.COC(=O)C(CN(c1ccccc1)c1ccccc1)NC(=O)OC(C)(C)C. The summed E-state index contributed by atoms with van der Waals surface area (Å²) < 4.78 is 20.8. The van der Waals surface area contributed by atoms with Gasteiger partial charge < -0.3 is 34.1 Å². The molecule has 5 aromatic carbocycles. The first-order valence-corrected chi connectivity index (χ1v) is 20.0. The van der Waals surface area contributed by atoms with Gasteiger partial charge in [0.05, 0.1) is 27.3 Å². The highest BCUT2D eigenvalue weighted by molar-refractivity contribution is 6.06. The third-order valence-electron chi connectivity index (χ3n) is 8.78. The zero-order valence-corrected chi connectivity index (χ0v) is 36.5. The number of carbonyl (C=O) groups is 5. The van der Waals surface area contributed by atoms with Gasteiger partial charge in [-0.15, -0.1) is 0 Å². The van der Waals surface area contributed by atoms with Gasteiger partial charge in [0, 0.05) is 28.3 Å². The van der Waals surface area contributed by atoms with E-state index < -0.39 is 53.3 Å². The molecule has 0 bridgehead atoms. The van der Waals surface area contributed by atoms with Gasteiger partial charge in [0.25, 0.3) is 5.91 Å². The molecule has 326 valence electrons. The number of esters is 2. The van der Waals surface area contributed by atoms with Crippen molar-refractivity contribution in [3.63, 3.8) is 0 Å². The average molecular weight is 845 g/mol. The average Bonchev–Trinajstić information content (AvgIpc) is 3.26. The van der Waals surface area contributed by atoms with Crippen LogP contribution in [0.15, 0.2) is 152 Å². The highest BCUT2D eigenvalue weighted by Crippen LogP contribution is 2.28. The molecule has 5 aromatic rings. The smallest absolute Gasteiger partial charge is 0.418 e. The number of para-hydroxylation sites is 4. The molecule has 0 heterocycles. The van der Waals surface area contributed by atoms with Crippen molar-refractivity contribution in [3.05, 3.63) is 157 Å². The van der Waals surface area contributed by atoms with Gasteiger partial charge in [0.15, 0.2) is 6.04 Å². The molecule has 0 aliphatic heterocycles. The van der Waals surface area contributed by atoms with Crippen molar-refractivity contribution in [2.75, 3.05) is 37.1 Å². The molecule has 3 amide bonds. The summed E-state index contributed by atoms with van der Waals surface area (Å²) in [4.78, 5) is 69.2. The van der Waals surface area contributed by atoms with Gasteiger partial charge in [0.2, 0.25) is 0 Å². The fourth-order valence-electron chi connectivity index (χ4n) is 6.06. The number of ether oxygens (including phenoxy) is 4. The van der Waals surface area contributed by atoms with E-state index >= 15 is 0 Å². The molecule has 5 rings (SSSR count). The normalized spacial score (nSPS) is 11.9. The molecule has 2 unspecified atom stereocenters. The van der Waals surface area contributed by atoms with Gasteiger partial charge >= 0.3 is 24.1 Å². The van der Waals surface area contributed by atoms with E-state index in [1.54, 1.807) is 71.9 Å². The molecule has 0 aromatic heterocycles. The summed E-state index contributed by atoms with van der Waals surface area (Å²) in [6.45, 7) is 10.5. The zero-order valence-electron chi connectivity index (χ0n) is 36.5. The summed E-state index contributed by atoms with van der Waals surface area (Å²) in [6.07, 6.45) is -1.60. The molecule has 0 aliphatic carbocycles. The summed E-state index contributed by atoms with van der Waals surface area (Å²) in [6, 6.07) is 44.2. The third kappa shape index (κ3) is 14.5. The first-order valence-electron chi connectivity index (χ1n) is 20.0. The number of amides is 3. The Morgan fingerprint density at radius 1 is 0.500 bits per heavy atom. The molecule has 0 saturated heterocycles. The lowest BCUT2D eigenvalue weighted by Crippen LogP contribution is -2.54. The van der Waals surface area contributed by atoms with Crippen LogP contribution in [0.4, 0.5) is 32.3 Å². The molecular formula is C49H56N4O9. The second kappa shape index (κ2) is 22.5. The highest BCUT2D eigenvalue weighted by Gasteiger charge is 2.40. The molecule has 0 spiro atoms. The Hall–Kier alpha value is -7.15. The van der Waals surface area contributed by atoms with Crippen molar-refractivity contribution in [3.8, 4) is 0 Å². The molecule has 1 N–H and O–H groups in total. The maximum absolute atomic E-state index is 13.6. The van der Waals surface area contributed by atoms with Crippen molar-refractivity contribution in [1.82, 2.24) is 10.2 Å². The van der Waals surface area contributed by atoms with E-state index in [0.717, 1.165) is 27.6 Å². The Bertz CT molecular complexity index is 2100. The first-order chi connectivity index (χ1) is 29.5. The zero-order chi connectivity index (χ0) is 45.3. The number of rotatable bonds is 13. The molecule has 13 nitrogen and oxygen atoms in total. The van der Waals surface area contributed by atoms with Crippen LogP contribution in [0, 0.1) is 0 Å². The summed E-state index contributed by atoms with van der Waals surface area (Å²) >= 11 is 0. The number of hydrogen-bond acceptors (Lipinski definition) is 11. The van der Waals surface area contributed by atoms with E-state index in [9.17, 15) is 24.0 Å². The Morgan fingerprint density at radius 3 is 1.21 bits per heavy atom. The minimum Gasteiger partial charge on any atom is -0.467 e. The molecule has 0 radical (unpaired) electrons. The van der Waals surface area contributed by atoms with Crippen molar-refractivity contribution >= 4 is 52.8 Å². The summed E-state index contributed by atoms with van der Waals surface area (Å²) in [5.41, 5.74) is 2.05. The van der Waals surface area contributed by atoms with Crippen molar-refractivity contribution in [2.45, 2.75) is 64.8 Å². The van der Waals surface area contributed by atoms with Gasteiger partial charge in [-0.3, -0.25) is 4.79 Å². The molecule has 0 fully saturated rings. The number of nitrogens with one attached hydrogen (secondary N) is 1. The molecule has 0 saturated carbocycles. The van der Waals surface area contributed by atoms with Crippen LogP contribution in [0.25, 0.3) is 0 Å². The van der Waals surface area contributed by atoms with E-state index in [-0.39, 0.29) is 18.7 Å². The van der Waals surface area contributed by atoms with E-state index in [4.69, 9.17) is 18.9 Å². The van der Waals surface area contributed by atoms with Crippen LogP contribution >= 0.6 is 0 Å². The number of benzene rings is 5. The van der Waals surface area contributed by atoms with E-state index in [1.165, 1.54) is 14.2 Å². The molecule has 2 atom stereocenters. The number of carbonyl (C=O) groups excluding carboxylic acids is 5. The summed E-state index contributed by atoms with van der Waals surface area (Å²) in [5.74, 6) is -1.94. The van der Waals surface area contributed by atoms with E-state index in [0.29, 0.717) is 0 Å². The number of methoxy groups -OCH3 is 2. The van der Waals surface area contributed by atoms with Gasteiger partial charge in [-0.1, -0.05) is 91.0 Å². The summed E-state index contributed by atoms with van der Waals surface area (Å²) in [7, 11) is 2.52. The Morgan fingerprint density at radius 2 is 0.855 bits per heavy atom. The number of anilines is 4. The lowest BCUT2D eigenvalue weighted by Gasteiger charge is -2.34. The van der Waals surface area contributed by atoms with Crippen LogP contribution in [0.3, 0.4) is 0 Å². The minimum atomic E-state index is -1.29. The van der Waals surface area contributed by atoms with Crippen LogP contribution in [0.5, 0.6) is 0 Å². The maximum atomic E-state index is 13.6. The summed E-state index contributed by atoms with van der Waals surface area (Å²) in [5, 5.41) is 2.62. The van der Waals surface area contributed by atoms with Crippen molar-refractivity contribution < 1.29 is 42.9 Å². The topological polar surface area (TPSA) is 144 Å². The Kier molecular flexibility index (Phi) is 17.2. The number of alkyl carbamates (subject to hydrolysis) is 1. The Balaban J connectivity index is 0.000000282. The van der Waals surface area contributed by atoms with Crippen molar-refractivity contribution in [2.24, 2.45) is 0 Å². The highest BCUT2D eigenvalue weighted by atomic mass is 16.6. The predicted molar refractivity (Wildman–Crippen MR) is 240 cm³/mol. The number of nitrogens with zero attached hydrogens (tertiary/aromatic N) is 3. The second-order valence-electron chi connectivity index (χ2n) is 15.8. The first kappa shape index (κ1) is 47.5. The van der Waals surface area contributed by atoms with Gasteiger partial charge in [-0.25, -0.2) is 24.1 Å².